The summed E-state index contributed by atoms with van der Waals surface area (Å²) in [5.74, 6) is 0.389. The van der Waals surface area contributed by atoms with Gasteiger partial charge in [-0.1, -0.05) is 20.8 Å². The molecule has 0 saturated carbocycles. The highest BCUT2D eigenvalue weighted by atomic mass is 32.2. The molecule has 0 unspecified atom stereocenters. The first-order chi connectivity index (χ1) is 7.99. The number of hydrogen-bond acceptors (Lipinski definition) is 3. The van der Waals surface area contributed by atoms with Crippen molar-refractivity contribution in [1.82, 2.24) is 5.32 Å². The van der Waals surface area contributed by atoms with E-state index in [2.05, 4.69) is 26.1 Å². The Morgan fingerprint density at radius 2 is 1.76 bits per heavy atom. The van der Waals surface area contributed by atoms with Gasteiger partial charge < -0.3 is 5.32 Å². The zero-order valence-electron chi connectivity index (χ0n) is 11.5. The summed E-state index contributed by atoms with van der Waals surface area (Å²) < 4.78 is 23.4. The van der Waals surface area contributed by atoms with Crippen LogP contribution in [-0.4, -0.2) is 32.5 Å². The molecular weight excluding hydrogens is 234 g/mol. The van der Waals surface area contributed by atoms with Crippen LogP contribution >= 0.6 is 0 Å². The molecule has 1 rings (SSSR count). The quantitative estimate of drug-likeness (QED) is 0.765. The normalized spacial score (nSPS) is 24.1. The Morgan fingerprint density at radius 3 is 2.18 bits per heavy atom. The van der Waals surface area contributed by atoms with Crippen LogP contribution in [0.5, 0.6) is 0 Å². The molecule has 1 N–H and O–H groups in total. The van der Waals surface area contributed by atoms with Crippen molar-refractivity contribution in [1.29, 1.82) is 0 Å². The fourth-order valence-corrected chi connectivity index (χ4v) is 4.51. The third-order valence-corrected chi connectivity index (χ3v) is 6.86. The van der Waals surface area contributed by atoms with Crippen LogP contribution in [0.3, 0.4) is 0 Å². The number of rotatable bonds is 7. The van der Waals surface area contributed by atoms with Gasteiger partial charge in [0.1, 0.15) is 0 Å². The molecule has 0 aromatic rings. The van der Waals surface area contributed by atoms with Crippen LogP contribution in [0.25, 0.3) is 0 Å². The molecule has 17 heavy (non-hydrogen) atoms. The van der Waals surface area contributed by atoms with Crippen LogP contribution in [-0.2, 0) is 9.84 Å². The van der Waals surface area contributed by atoms with Crippen LogP contribution < -0.4 is 5.32 Å². The van der Waals surface area contributed by atoms with Gasteiger partial charge in [-0.15, -0.1) is 0 Å². The predicted molar refractivity (Wildman–Crippen MR) is 73.0 cm³/mol. The minimum Gasteiger partial charge on any atom is -0.315 e. The summed E-state index contributed by atoms with van der Waals surface area (Å²) in [5, 5.41) is 3.26. The van der Waals surface area contributed by atoms with E-state index < -0.39 is 9.84 Å². The third-order valence-electron chi connectivity index (χ3n) is 4.58. The second kappa shape index (κ2) is 6.19. The predicted octanol–water partition coefficient (Wildman–Crippen LogP) is 2.37. The van der Waals surface area contributed by atoms with E-state index in [0.29, 0.717) is 17.7 Å². The summed E-state index contributed by atoms with van der Waals surface area (Å²) in [7, 11) is -2.79. The summed E-state index contributed by atoms with van der Waals surface area (Å²) in [6, 6.07) is 0. The Hall–Kier alpha value is -0.0900. The van der Waals surface area contributed by atoms with E-state index >= 15 is 0 Å². The maximum absolute atomic E-state index is 11.7. The SMILES string of the molecule is CCC(CC)(CC)CNC[C@H]1CCCS1(=O)=O. The Bertz CT molecular complexity index is 312. The summed E-state index contributed by atoms with van der Waals surface area (Å²) >= 11 is 0. The molecule has 1 atom stereocenters. The third kappa shape index (κ3) is 3.68. The van der Waals surface area contributed by atoms with Gasteiger partial charge in [0.25, 0.3) is 0 Å². The molecule has 3 nitrogen and oxygen atoms in total. The molecule has 102 valence electrons. The van der Waals surface area contributed by atoms with Gasteiger partial charge in [-0.05, 0) is 37.5 Å². The van der Waals surface area contributed by atoms with Crippen molar-refractivity contribution < 1.29 is 8.42 Å². The lowest BCUT2D eigenvalue weighted by atomic mass is 9.80. The average molecular weight is 261 g/mol. The fourth-order valence-electron chi connectivity index (χ4n) is 2.71. The summed E-state index contributed by atoms with van der Waals surface area (Å²) in [6.07, 6.45) is 5.15. The summed E-state index contributed by atoms with van der Waals surface area (Å²) in [4.78, 5) is 0. The Balaban J connectivity index is 2.42. The lowest BCUT2D eigenvalue weighted by molar-refractivity contribution is 0.238. The molecule has 1 saturated heterocycles. The van der Waals surface area contributed by atoms with Gasteiger partial charge >= 0.3 is 0 Å². The van der Waals surface area contributed by atoms with Crippen molar-refractivity contribution >= 4 is 9.84 Å². The van der Waals surface area contributed by atoms with Crippen molar-refractivity contribution in [3.63, 3.8) is 0 Å². The minimum atomic E-state index is -2.79. The molecule has 0 radical (unpaired) electrons. The molecule has 0 bridgehead atoms. The molecule has 0 aromatic heterocycles. The molecule has 4 heteroatoms. The molecule has 1 aliphatic rings. The summed E-state index contributed by atoms with van der Waals surface area (Å²) in [6.45, 7) is 8.26. The van der Waals surface area contributed by atoms with E-state index in [1.54, 1.807) is 0 Å². The van der Waals surface area contributed by atoms with Crippen molar-refractivity contribution in [3.05, 3.63) is 0 Å². The average Bonchev–Trinajstić information content (AvgIpc) is 2.65. The lowest BCUT2D eigenvalue weighted by Crippen LogP contribution is -2.38. The highest BCUT2D eigenvalue weighted by molar-refractivity contribution is 7.92. The monoisotopic (exact) mass is 261 g/mol. The number of hydrogen-bond donors (Lipinski definition) is 1. The van der Waals surface area contributed by atoms with E-state index in [4.69, 9.17) is 0 Å². The first kappa shape index (κ1) is 15.0. The first-order valence-electron chi connectivity index (χ1n) is 6.92. The van der Waals surface area contributed by atoms with E-state index in [1.165, 1.54) is 0 Å². The number of nitrogens with one attached hydrogen (secondary N) is 1. The molecule has 1 fully saturated rings. The van der Waals surface area contributed by atoms with Crippen LogP contribution in [0.4, 0.5) is 0 Å². The van der Waals surface area contributed by atoms with Crippen LogP contribution in [0.1, 0.15) is 52.9 Å². The van der Waals surface area contributed by atoms with Crippen molar-refractivity contribution in [2.45, 2.75) is 58.1 Å². The second-order valence-electron chi connectivity index (χ2n) is 5.32. The molecule has 1 aliphatic heterocycles. The van der Waals surface area contributed by atoms with Gasteiger partial charge in [-0.3, -0.25) is 0 Å². The van der Waals surface area contributed by atoms with Gasteiger partial charge in [-0.2, -0.15) is 0 Å². The molecular formula is C13H27NO2S. The van der Waals surface area contributed by atoms with E-state index in [9.17, 15) is 8.42 Å². The van der Waals surface area contributed by atoms with Crippen molar-refractivity contribution in [2.24, 2.45) is 5.41 Å². The van der Waals surface area contributed by atoms with E-state index in [0.717, 1.165) is 38.6 Å². The zero-order chi connectivity index (χ0) is 12.9. The van der Waals surface area contributed by atoms with Crippen LogP contribution in [0.2, 0.25) is 0 Å². The Kier molecular flexibility index (Phi) is 5.45. The molecule has 0 spiro atoms. The standard InChI is InChI=1S/C13H27NO2S/c1-4-13(5-2,6-3)11-14-10-12-8-7-9-17(12,15)16/h12,14H,4-11H2,1-3H3/t12-/m1/s1. The van der Waals surface area contributed by atoms with Gasteiger partial charge in [0.15, 0.2) is 9.84 Å². The Morgan fingerprint density at radius 1 is 1.18 bits per heavy atom. The van der Waals surface area contributed by atoms with E-state index in [-0.39, 0.29) is 5.25 Å². The lowest BCUT2D eigenvalue weighted by Gasteiger charge is -2.31. The van der Waals surface area contributed by atoms with Gasteiger partial charge in [0, 0.05) is 13.1 Å². The smallest absolute Gasteiger partial charge is 0.154 e. The maximum Gasteiger partial charge on any atom is 0.154 e. The molecule has 1 heterocycles. The van der Waals surface area contributed by atoms with Crippen molar-refractivity contribution in [3.8, 4) is 0 Å². The zero-order valence-corrected chi connectivity index (χ0v) is 12.3. The van der Waals surface area contributed by atoms with Crippen LogP contribution in [0, 0.1) is 5.41 Å². The topological polar surface area (TPSA) is 46.2 Å². The highest BCUT2D eigenvalue weighted by Crippen LogP contribution is 2.29. The Labute approximate surface area is 106 Å². The maximum atomic E-state index is 11.7. The minimum absolute atomic E-state index is 0.134. The number of sulfone groups is 1. The van der Waals surface area contributed by atoms with Crippen molar-refractivity contribution in [2.75, 3.05) is 18.8 Å². The molecule has 0 aromatic carbocycles. The van der Waals surface area contributed by atoms with Crippen LogP contribution in [0.15, 0.2) is 0 Å². The van der Waals surface area contributed by atoms with Gasteiger partial charge in [-0.25, -0.2) is 8.42 Å². The largest absolute Gasteiger partial charge is 0.315 e. The van der Waals surface area contributed by atoms with Gasteiger partial charge in [0.2, 0.25) is 0 Å². The highest BCUT2D eigenvalue weighted by Gasteiger charge is 2.31. The summed E-state index contributed by atoms with van der Waals surface area (Å²) in [5.41, 5.74) is 0.350. The molecule has 0 amide bonds. The van der Waals surface area contributed by atoms with E-state index in [1.807, 2.05) is 0 Å². The first-order valence-corrected chi connectivity index (χ1v) is 8.63. The fraction of sp³-hybridized carbons (Fsp3) is 1.00. The second-order valence-corrected chi connectivity index (χ2v) is 7.72. The molecule has 0 aliphatic carbocycles. The van der Waals surface area contributed by atoms with Gasteiger partial charge in [0.05, 0.1) is 11.0 Å².